The Hall–Kier alpha value is -3.21. The van der Waals surface area contributed by atoms with Crippen molar-refractivity contribution < 1.29 is 13.9 Å². The zero-order valence-electron chi connectivity index (χ0n) is 17.1. The van der Waals surface area contributed by atoms with Crippen molar-refractivity contribution >= 4 is 34.4 Å². The Bertz CT molecular complexity index is 1190. The van der Waals surface area contributed by atoms with E-state index < -0.39 is 17.2 Å². The van der Waals surface area contributed by atoms with Crippen LogP contribution in [0.15, 0.2) is 65.7 Å². The molecule has 2 heterocycles. The van der Waals surface area contributed by atoms with Crippen LogP contribution in [0.2, 0.25) is 0 Å². The van der Waals surface area contributed by atoms with E-state index in [0.717, 1.165) is 33.5 Å². The summed E-state index contributed by atoms with van der Waals surface area (Å²) < 4.78 is 19.6. The highest BCUT2D eigenvalue weighted by Crippen LogP contribution is 2.54. The van der Waals surface area contributed by atoms with E-state index in [2.05, 4.69) is 36.9 Å². The molecule has 0 saturated carbocycles. The standard InChI is InChI=1S/C25H23FN2O2/c1-24(2)19-10-5-6-11-20(19)28(15-7-12-22(26)29)25(24)16-27-23-18-9-4-3-8-17(18)13-14-21(23)30-25/h3-6,8-11,13-14,16H,7,12,15H2,1-2H3. The van der Waals surface area contributed by atoms with Crippen LogP contribution >= 0.6 is 0 Å². The maximum absolute atomic E-state index is 12.9. The first-order valence-electron chi connectivity index (χ1n) is 10.3. The summed E-state index contributed by atoms with van der Waals surface area (Å²) in [6, 6.07) is 19.0. The van der Waals surface area contributed by atoms with Crippen LogP contribution in [0.3, 0.4) is 0 Å². The number of halogens is 1. The number of carbonyl (C=O) groups excluding carboxylic acids is 1. The molecule has 0 N–H and O–H groups in total. The number of nitrogens with zero attached hydrogens (tertiary/aromatic N) is 2. The second-order valence-corrected chi connectivity index (χ2v) is 8.44. The van der Waals surface area contributed by atoms with Crippen LogP contribution in [0.25, 0.3) is 10.8 Å². The van der Waals surface area contributed by atoms with Gasteiger partial charge in [-0.3, -0.25) is 9.79 Å². The lowest BCUT2D eigenvalue weighted by Crippen LogP contribution is -2.62. The van der Waals surface area contributed by atoms with Gasteiger partial charge < -0.3 is 9.64 Å². The number of para-hydroxylation sites is 1. The van der Waals surface area contributed by atoms with E-state index in [9.17, 15) is 9.18 Å². The Kier molecular flexibility index (Phi) is 4.17. The van der Waals surface area contributed by atoms with Gasteiger partial charge >= 0.3 is 6.04 Å². The highest BCUT2D eigenvalue weighted by atomic mass is 19.1. The fraction of sp³-hybridized carbons (Fsp3) is 0.280. The van der Waals surface area contributed by atoms with Crippen LogP contribution in [0, 0.1) is 0 Å². The summed E-state index contributed by atoms with van der Waals surface area (Å²) in [7, 11) is 0. The van der Waals surface area contributed by atoms with E-state index in [0.29, 0.717) is 13.0 Å². The van der Waals surface area contributed by atoms with Crippen LogP contribution in [-0.2, 0) is 10.2 Å². The number of carbonyl (C=O) groups is 1. The molecule has 0 aliphatic carbocycles. The van der Waals surface area contributed by atoms with Crippen LogP contribution in [0.5, 0.6) is 5.75 Å². The summed E-state index contributed by atoms with van der Waals surface area (Å²) in [5, 5.41) is 2.16. The van der Waals surface area contributed by atoms with Crippen LogP contribution in [0.1, 0.15) is 32.3 Å². The first-order chi connectivity index (χ1) is 14.4. The molecular formula is C25H23FN2O2. The molecule has 152 valence electrons. The molecule has 2 aliphatic heterocycles. The molecule has 0 saturated heterocycles. The summed E-state index contributed by atoms with van der Waals surface area (Å²) in [6.45, 7) is 4.78. The highest BCUT2D eigenvalue weighted by molar-refractivity contribution is 5.99. The van der Waals surface area contributed by atoms with Crippen molar-refractivity contribution in [2.75, 3.05) is 11.4 Å². The van der Waals surface area contributed by atoms with Gasteiger partial charge in [-0.25, -0.2) is 0 Å². The predicted octanol–water partition coefficient (Wildman–Crippen LogP) is 5.70. The van der Waals surface area contributed by atoms with E-state index in [1.807, 2.05) is 48.7 Å². The topological polar surface area (TPSA) is 41.9 Å². The molecule has 1 atom stereocenters. The molecule has 0 fully saturated rings. The summed E-state index contributed by atoms with van der Waals surface area (Å²) in [5.41, 5.74) is 1.74. The molecule has 3 aromatic carbocycles. The van der Waals surface area contributed by atoms with Crippen molar-refractivity contribution in [2.24, 2.45) is 4.99 Å². The maximum Gasteiger partial charge on any atom is 0.301 e. The minimum absolute atomic E-state index is 0.104. The number of ether oxygens (including phenoxy) is 1. The third-order valence-corrected chi connectivity index (χ3v) is 6.42. The summed E-state index contributed by atoms with van der Waals surface area (Å²) >= 11 is 0. The Morgan fingerprint density at radius 3 is 2.67 bits per heavy atom. The smallest absolute Gasteiger partial charge is 0.301 e. The largest absolute Gasteiger partial charge is 0.459 e. The fourth-order valence-corrected chi connectivity index (χ4v) is 4.82. The molecule has 0 amide bonds. The Morgan fingerprint density at radius 2 is 1.83 bits per heavy atom. The van der Waals surface area contributed by atoms with E-state index in [4.69, 9.17) is 9.73 Å². The third kappa shape index (κ3) is 2.58. The van der Waals surface area contributed by atoms with Gasteiger partial charge in [0.1, 0.15) is 11.4 Å². The van der Waals surface area contributed by atoms with E-state index in [-0.39, 0.29) is 6.42 Å². The van der Waals surface area contributed by atoms with Gasteiger partial charge in [-0.2, -0.15) is 4.39 Å². The molecule has 3 aromatic rings. The number of aliphatic imine (C=N–C) groups is 1. The van der Waals surface area contributed by atoms with Crippen LogP contribution < -0.4 is 9.64 Å². The van der Waals surface area contributed by atoms with Gasteiger partial charge in [0.05, 0.1) is 11.6 Å². The maximum atomic E-state index is 12.9. The van der Waals surface area contributed by atoms with Crippen LogP contribution in [0.4, 0.5) is 15.8 Å². The Balaban J connectivity index is 1.63. The predicted molar refractivity (Wildman–Crippen MR) is 118 cm³/mol. The number of anilines is 1. The van der Waals surface area contributed by atoms with Gasteiger partial charge in [0.2, 0.25) is 5.72 Å². The van der Waals surface area contributed by atoms with Crippen molar-refractivity contribution in [1.82, 2.24) is 0 Å². The molecule has 1 unspecified atom stereocenters. The lowest BCUT2D eigenvalue weighted by atomic mass is 9.77. The van der Waals surface area contributed by atoms with Gasteiger partial charge in [0.25, 0.3) is 0 Å². The second kappa shape index (κ2) is 6.66. The van der Waals surface area contributed by atoms with Crippen molar-refractivity contribution in [2.45, 2.75) is 37.8 Å². The normalized spacial score (nSPS) is 20.8. The molecule has 1 spiro atoms. The number of fused-ring (bicyclic) bond motifs is 4. The van der Waals surface area contributed by atoms with Crippen molar-refractivity contribution in [3.05, 3.63) is 66.2 Å². The molecule has 0 radical (unpaired) electrons. The van der Waals surface area contributed by atoms with Gasteiger partial charge in [0.15, 0.2) is 0 Å². The molecule has 4 nitrogen and oxygen atoms in total. The monoisotopic (exact) mass is 402 g/mol. The molecule has 5 rings (SSSR count). The molecule has 5 heteroatoms. The lowest BCUT2D eigenvalue weighted by Gasteiger charge is -2.46. The average Bonchev–Trinajstić information content (AvgIpc) is 2.92. The van der Waals surface area contributed by atoms with Gasteiger partial charge in [-0.1, -0.05) is 48.5 Å². The summed E-state index contributed by atoms with van der Waals surface area (Å²) in [6.07, 6.45) is 2.19. The van der Waals surface area contributed by atoms with E-state index >= 15 is 0 Å². The molecule has 0 aromatic heterocycles. The number of rotatable bonds is 4. The first-order valence-corrected chi connectivity index (χ1v) is 10.3. The first kappa shape index (κ1) is 18.8. The Labute approximate surface area is 175 Å². The molecule has 2 aliphatic rings. The van der Waals surface area contributed by atoms with Gasteiger partial charge in [-0.05, 0) is 43.4 Å². The number of hydrogen-bond acceptors (Lipinski definition) is 4. The fourth-order valence-electron chi connectivity index (χ4n) is 4.82. The van der Waals surface area contributed by atoms with Crippen molar-refractivity contribution in [3.8, 4) is 5.75 Å². The lowest BCUT2D eigenvalue weighted by molar-refractivity contribution is -0.129. The van der Waals surface area contributed by atoms with E-state index in [1.165, 1.54) is 0 Å². The van der Waals surface area contributed by atoms with Gasteiger partial charge in [-0.15, -0.1) is 0 Å². The molecule has 30 heavy (non-hydrogen) atoms. The van der Waals surface area contributed by atoms with E-state index in [1.54, 1.807) is 0 Å². The molecular weight excluding hydrogens is 379 g/mol. The molecule has 0 bridgehead atoms. The highest BCUT2D eigenvalue weighted by Gasteiger charge is 2.59. The van der Waals surface area contributed by atoms with Crippen LogP contribution in [-0.4, -0.2) is 24.5 Å². The zero-order chi connectivity index (χ0) is 20.9. The van der Waals surface area contributed by atoms with Crippen molar-refractivity contribution in [3.63, 3.8) is 0 Å². The van der Waals surface area contributed by atoms with Crippen molar-refractivity contribution in [1.29, 1.82) is 0 Å². The second-order valence-electron chi connectivity index (χ2n) is 8.44. The summed E-state index contributed by atoms with van der Waals surface area (Å²) in [4.78, 5) is 17.9. The quantitative estimate of drug-likeness (QED) is 0.525. The third-order valence-electron chi connectivity index (χ3n) is 6.42. The summed E-state index contributed by atoms with van der Waals surface area (Å²) in [5.74, 6) is 0.726. The average molecular weight is 402 g/mol. The zero-order valence-corrected chi connectivity index (χ0v) is 17.1. The van der Waals surface area contributed by atoms with Gasteiger partial charge in [0, 0.05) is 24.0 Å². The minimum atomic E-state index is -1.29. The Morgan fingerprint density at radius 1 is 1.07 bits per heavy atom. The number of hydrogen-bond donors (Lipinski definition) is 0. The SMILES string of the molecule is CC1(C)c2ccccc2N(CCCC(=O)F)C12C=Nc1c(ccc3ccccc13)O2. The minimum Gasteiger partial charge on any atom is -0.459 e. The number of benzene rings is 3.